The summed E-state index contributed by atoms with van der Waals surface area (Å²) in [6, 6.07) is 13.8. The van der Waals surface area contributed by atoms with Gasteiger partial charge in [-0.1, -0.05) is 72.8 Å². The van der Waals surface area contributed by atoms with Crippen molar-refractivity contribution in [2.75, 3.05) is 0 Å². The third kappa shape index (κ3) is 4.02. The van der Waals surface area contributed by atoms with Gasteiger partial charge in [0.2, 0.25) is 0 Å². The number of pyridine rings is 1. The van der Waals surface area contributed by atoms with Crippen molar-refractivity contribution in [1.29, 1.82) is 0 Å². The van der Waals surface area contributed by atoms with Crippen LogP contribution in [0.2, 0.25) is 0 Å². The Labute approximate surface area is 199 Å². The molecule has 0 atom stereocenters. The number of hydrogen-bond donors (Lipinski definition) is 0. The van der Waals surface area contributed by atoms with E-state index >= 15 is 0 Å². The summed E-state index contributed by atoms with van der Waals surface area (Å²) in [6.45, 7) is 1.94. The predicted octanol–water partition coefficient (Wildman–Crippen LogP) is 5.30. The van der Waals surface area contributed by atoms with Crippen molar-refractivity contribution >= 4 is 57.7 Å². The minimum Gasteiger partial charge on any atom is -0.290 e. The normalized spacial score (nSPS) is 18.4. The zero-order chi connectivity index (χ0) is 22.2. The van der Waals surface area contributed by atoms with Crippen LogP contribution < -0.4 is 5.56 Å². The summed E-state index contributed by atoms with van der Waals surface area (Å²) >= 11 is 8.24. The maximum atomic E-state index is 13.5. The number of nitrogens with zero attached hydrogens (tertiary/aromatic N) is 3. The van der Waals surface area contributed by atoms with Gasteiger partial charge in [0.05, 0.1) is 10.5 Å². The summed E-state index contributed by atoms with van der Waals surface area (Å²) in [5, 5.41) is 0.580. The number of hydrogen-bond acceptors (Lipinski definition) is 6. The Morgan fingerprint density at radius 3 is 2.62 bits per heavy atom. The number of rotatable bonds is 4. The molecule has 0 bridgehead atoms. The fourth-order valence-electron chi connectivity index (χ4n) is 4.13. The molecule has 3 aromatic rings. The second-order valence-electron chi connectivity index (χ2n) is 7.98. The lowest BCUT2D eigenvalue weighted by molar-refractivity contribution is -0.123. The molecule has 1 aliphatic carbocycles. The molecule has 0 spiro atoms. The van der Waals surface area contributed by atoms with E-state index in [1.54, 1.807) is 21.6 Å². The minimum atomic E-state index is -0.191. The number of aromatic nitrogens is 2. The van der Waals surface area contributed by atoms with Crippen molar-refractivity contribution in [3.63, 3.8) is 0 Å². The SMILES string of the molecule is Cc1ccc2nc(Sc3ccccc3)c(C=C3SC(=S)N(C4CCCC4)C3=O)c(=O)n2c1. The summed E-state index contributed by atoms with van der Waals surface area (Å²) in [4.78, 5) is 34.7. The Balaban J connectivity index is 1.62. The molecule has 0 N–H and O–H groups in total. The molecule has 2 aromatic heterocycles. The fraction of sp³-hybridized carbons (Fsp3) is 0.250. The van der Waals surface area contributed by atoms with Crippen molar-refractivity contribution < 1.29 is 4.79 Å². The molecule has 1 saturated carbocycles. The van der Waals surface area contributed by atoms with Crippen molar-refractivity contribution in [3.05, 3.63) is 75.0 Å². The molecule has 0 unspecified atom stereocenters. The fourth-order valence-corrected chi connectivity index (χ4v) is 6.42. The van der Waals surface area contributed by atoms with E-state index in [4.69, 9.17) is 17.2 Å². The van der Waals surface area contributed by atoms with Gasteiger partial charge in [0.15, 0.2) is 0 Å². The number of aryl methyl sites for hydroxylation is 1. The maximum absolute atomic E-state index is 13.5. The molecule has 32 heavy (non-hydrogen) atoms. The molecule has 1 saturated heterocycles. The first-order chi connectivity index (χ1) is 15.5. The van der Waals surface area contributed by atoms with E-state index in [2.05, 4.69) is 0 Å². The standard InChI is InChI=1S/C24H21N3O2S3/c1-15-11-12-20-25-21(31-17-9-3-2-4-10-17)18(22(28)26(20)14-15)13-19-23(29)27(24(30)32-19)16-7-5-6-8-16/h2-4,9-14,16H,5-8H2,1H3. The third-order valence-electron chi connectivity index (χ3n) is 5.72. The number of carbonyl (C=O) groups excluding carboxylic acids is 1. The van der Waals surface area contributed by atoms with E-state index in [9.17, 15) is 9.59 Å². The van der Waals surface area contributed by atoms with Crippen molar-refractivity contribution in [2.45, 2.75) is 48.6 Å². The summed E-state index contributed by atoms with van der Waals surface area (Å²) in [5.74, 6) is -0.101. The van der Waals surface area contributed by atoms with E-state index in [1.807, 2.05) is 49.4 Å². The topological polar surface area (TPSA) is 54.7 Å². The van der Waals surface area contributed by atoms with E-state index in [-0.39, 0.29) is 17.5 Å². The quantitative estimate of drug-likeness (QED) is 0.288. The first kappa shape index (κ1) is 21.4. The summed E-state index contributed by atoms with van der Waals surface area (Å²) < 4.78 is 2.13. The molecule has 162 valence electrons. The molecule has 3 heterocycles. The van der Waals surface area contributed by atoms with Crippen LogP contribution in [-0.4, -0.2) is 30.6 Å². The van der Waals surface area contributed by atoms with Gasteiger partial charge in [-0.05, 0) is 49.6 Å². The highest BCUT2D eigenvalue weighted by atomic mass is 32.2. The van der Waals surface area contributed by atoms with Gasteiger partial charge in [-0.15, -0.1) is 0 Å². The van der Waals surface area contributed by atoms with Crippen LogP contribution in [0.5, 0.6) is 0 Å². The second kappa shape index (κ2) is 8.84. The highest BCUT2D eigenvalue weighted by molar-refractivity contribution is 8.26. The van der Waals surface area contributed by atoms with E-state index < -0.39 is 0 Å². The van der Waals surface area contributed by atoms with Gasteiger partial charge in [-0.25, -0.2) is 4.98 Å². The van der Waals surface area contributed by atoms with Crippen molar-refractivity contribution in [3.8, 4) is 0 Å². The largest absolute Gasteiger partial charge is 0.290 e. The van der Waals surface area contributed by atoms with E-state index in [0.29, 0.717) is 25.5 Å². The van der Waals surface area contributed by atoms with Gasteiger partial charge >= 0.3 is 0 Å². The average Bonchev–Trinajstić information content (AvgIpc) is 3.40. The smallest absolute Gasteiger partial charge is 0.266 e. The van der Waals surface area contributed by atoms with E-state index in [1.165, 1.54) is 23.5 Å². The monoisotopic (exact) mass is 479 g/mol. The van der Waals surface area contributed by atoms with Gasteiger partial charge < -0.3 is 0 Å². The number of benzene rings is 1. The lowest BCUT2D eigenvalue weighted by Gasteiger charge is -2.21. The zero-order valence-corrected chi connectivity index (χ0v) is 19.9. The van der Waals surface area contributed by atoms with Crippen LogP contribution in [0.1, 0.15) is 36.8 Å². The Morgan fingerprint density at radius 2 is 1.88 bits per heavy atom. The van der Waals surface area contributed by atoms with Crippen molar-refractivity contribution in [2.24, 2.45) is 0 Å². The highest BCUT2D eigenvalue weighted by Gasteiger charge is 2.38. The average molecular weight is 480 g/mol. The Bertz CT molecular complexity index is 1310. The molecule has 2 aliphatic rings. The van der Waals surface area contributed by atoms with Crippen LogP contribution >= 0.6 is 35.7 Å². The Morgan fingerprint density at radius 1 is 1.12 bits per heavy atom. The van der Waals surface area contributed by atoms with Gasteiger partial charge in [-0.3, -0.25) is 18.9 Å². The summed E-state index contributed by atoms with van der Waals surface area (Å²) in [6.07, 6.45) is 7.66. The van der Waals surface area contributed by atoms with Crippen LogP contribution in [0.15, 0.2) is 68.3 Å². The zero-order valence-electron chi connectivity index (χ0n) is 17.5. The molecule has 5 rings (SSSR count). The van der Waals surface area contributed by atoms with Gasteiger partial charge in [0.1, 0.15) is 15.0 Å². The Kier molecular flexibility index (Phi) is 5.92. The predicted molar refractivity (Wildman–Crippen MR) is 134 cm³/mol. The molecular formula is C24H21N3O2S3. The minimum absolute atomic E-state index is 0.101. The van der Waals surface area contributed by atoms with Crippen LogP contribution in [-0.2, 0) is 4.79 Å². The van der Waals surface area contributed by atoms with Crippen LogP contribution in [0.3, 0.4) is 0 Å². The number of thioether (sulfide) groups is 1. The number of amides is 1. The number of carbonyl (C=O) groups is 1. The summed E-state index contributed by atoms with van der Waals surface area (Å²) in [5.41, 5.74) is 1.76. The molecule has 1 amide bonds. The van der Waals surface area contributed by atoms with E-state index in [0.717, 1.165) is 36.1 Å². The highest BCUT2D eigenvalue weighted by Crippen LogP contribution is 2.38. The molecule has 2 fully saturated rings. The van der Waals surface area contributed by atoms with Crippen LogP contribution in [0.25, 0.3) is 11.7 Å². The molecule has 5 nitrogen and oxygen atoms in total. The number of fused-ring (bicyclic) bond motifs is 1. The molecular weight excluding hydrogens is 458 g/mol. The van der Waals surface area contributed by atoms with Crippen LogP contribution in [0, 0.1) is 6.92 Å². The molecule has 1 aliphatic heterocycles. The molecule has 0 radical (unpaired) electrons. The lowest BCUT2D eigenvalue weighted by atomic mass is 10.2. The first-order valence-electron chi connectivity index (χ1n) is 10.5. The maximum Gasteiger partial charge on any atom is 0.266 e. The van der Waals surface area contributed by atoms with Crippen molar-refractivity contribution in [1.82, 2.24) is 14.3 Å². The van der Waals surface area contributed by atoms with Gasteiger partial charge in [0, 0.05) is 17.1 Å². The molecule has 8 heteroatoms. The van der Waals surface area contributed by atoms with Crippen LogP contribution in [0.4, 0.5) is 0 Å². The first-order valence-corrected chi connectivity index (χ1v) is 12.6. The van der Waals surface area contributed by atoms with Gasteiger partial charge in [-0.2, -0.15) is 0 Å². The Hall–Kier alpha value is -2.42. The molecule has 1 aromatic carbocycles. The lowest BCUT2D eigenvalue weighted by Crippen LogP contribution is -2.36. The second-order valence-corrected chi connectivity index (χ2v) is 10.7. The van der Waals surface area contributed by atoms with Gasteiger partial charge in [0.25, 0.3) is 11.5 Å². The summed E-state index contributed by atoms with van der Waals surface area (Å²) in [7, 11) is 0. The third-order valence-corrected chi connectivity index (χ3v) is 8.06. The number of thiocarbonyl (C=S) groups is 1.